The number of benzene rings is 2. The molecule has 2 aromatic carbocycles. The lowest BCUT2D eigenvalue weighted by Crippen LogP contribution is -2.29. The number of amides is 2. The molecule has 30 heavy (non-hydrogen) atoms. The number of anilines is 2. The summed E-state index contributed by atoms with van der Waals surface area (Å²) < 4.78 is 0. The van der Waals surface area contributed by atoms with E-state index in [9.17, 15) is 9.59 Å². The molecule has 1 aliphatic rings. The molecule has 1 aromatic heterocycles. The zero-order valence-electron chi connectivity index (χ0n) is 17.5. The number of rotatable bonds is 3. The summed E-state index contributed by atoms with van der Waals surface area (Å²) in [6.07, 6.45) is 2.34. The Labute approximate surface area is 176 Å². The minimum absolute atomic E-state index is 0.0486. The molecule has 152 valence electrons. The molecule has 5 nitrogen and oxygen atoms in total. The summed E-state index contributed by atoms with van der Waals surface area (Å²) in [5.74, 6) is -0.457. The predicted molar refractivity (Wildman–Crippen MR) is 119 cm³/mol. The van der Waals surface area contributed by atoms with Crippen molar-refractivity contribution >= 4 is 23.2 Å². The summed E-state index contributed by atoms with van der Waals surface area (Å²) in [5, 5.41) is 2.86. The number of para-hydroxylation sites is 1. The number of hydrogen-bond acceptors (Lipinski definition) is 3. The number of hydrogen-bond donors (Lipinski definition) is 1. The third-order valence-electron chi connectivity index (χ3n) is 5.38. The molecule has 3 aromatic rings. The smallest absolute Gasteiger partial charge is 0.274 e. The Morgan fingerprint density at radius 1 is 1.00 bits per heavy atom. The first kappa shape index (κ1) is 19.8. The maximum Gasteiger partial charge on any atom is 0.274 e. The van der Waals surface area contributed by atoms with E-state index < -0.39 is 0 Å². The van der Waals surface area contributed by atoms with E-state index in [4.69, 9.17) is 0 Å². The van der Waals surface area contributed by atoms with Crippen molar-refractivity contribution in [3.63, 3.8) is 0 Å². The van der Waals surface area contributed by atoms with Gasteiger partial charge in [-0.2, -0.15) is 0 Å². The average molecular weight is 399 g/mol. The lowest BCUT2D eigenvalue weighted by Gasteiger charge is -2.19. The van der Waals surface area contributed by atoms with Gasteiger partial charge in [0.1, 0.15) is 5.69 Å². The van der Waals surface area contributed by atoms with Crippen LogP contribution in [0.2, 0.25) is 0 Å². The maximum absolute atomic E-state index is 13.0. The van der Waals surface area contributed by atoms with Crippen LogP contribution in [-0.4, -0.2) is 23.3 Å². The largest absolute Gasteiger partial charge is 0.321 e. The van der Waals surface area contributed by atoms with E-state index in [1.807, 2.05) is 48.5 Å². The molecule has 0 atom stereocenters. The second kappa shape index (κ2) is 7.75. The van der Waals surface area contributed by atoms with Crippen LogP contribution in [0.3, 0.4) is 0 Å². The van der Waals surface area contributed by atoms with Crippen LogP contribution in [0.4, 0.5) is 11.4 Å². The van der Waals surface area contributed by atoms with Crippen molar-refractivity contribution in [2.45, 2.75) is 32.6 Å². The van der Waals surface area contributed by atoms with Crippen molar-refractivity contribution in [1.29, 1.82) is 0 Å². The van der Waals surface area contributed by atoms with Crippen LogP contribution in [-0.2, 0) is 11.8 Å². The molecular weight excluding hydrogens is 374 g/mol. The van der Waals surface area contributed by atoms with E-state index in [0.29, 0.717) is 17.8 Å². The van der Waals surface area contributed by atoms with Crippen molar-refractivity contribution in [3.8, 4) is 0 Å². The SMILES string of the molecule is CC(C)(C)c1ccc(NC(=O)c2cc(C(=O)N3CCc4ccccc43)ccn2)cc1. The Hall–Kier alpha value is -3.47. The first-order valence-corrected chi connectivity index (χ1v) is 10.1. The highest BCUT2D eigenvalue weighted by atomic mass is 16.2. The van der Waals surface area contributed by atoms with Gasteiger partial charge >= 0.3 is 0 Å². The molecule has 1 aliphatic heterocycles. The van der Waals surface area contributed by atoms with E-state index in [1.54, 1.807) is 17.0 Å². The van der Waals surface area contributed by atoms with Crippen LogP contribution < -0.4 is 10.2 Å². The number of nitrogens with one attached hydrogen (secondary N) is 1. The summed E-state index contributed by atoms with van der Waals surface area (Å²) in [5.41, 5.74) is 4.70. The summed E-state index contributed by atoms with van der Waals surface area (Å²) in [6, 6.07) is 18.9. The molecule has 0 radical (unpaired) electrons. The van der Waals surface area contributed by atoms with Gasteiger partial charge in [0, 0.05) is 29.7 Å². The lowest BCUT2D eigenvalue weighted by atomic mass is 9.87. The van der Waals surface area contributed by atoms with Gasteiger partial charge in [-0.3, -0.25) is 14.6 Å². The van der Waals surface area contributed by atoms with Crippen LogP contribution in [0.15, 0.2) is 66.9 Å². The van der Waals surface area contributed by atoms with Gasteiger partial charge in [0.2, 0.25) is 0 Å². The van der Waals surface area contributed by atoms with Crippen LogP contribution >= 0.6 is 0 Å². The van der Waals surface area contributed by atoms with Gasteiger partial charge in [-0.05, 0) is 53.3 Å². The minimum Gasteiger partial charge on any atom is -0.321 e. The first-order chi connectivity index (χ1) is 14.3. The zero-order chi connectivity index (χ0) is 21.3. The lowest BCUT2D eigenvalue weighted by molar-refractivity contribution is 0.0989. The van der Waals surface area contributed by atoms with Crippen molar-refractivity contribution in [1.82, 2.24) is 4.98 Å². The van der Waals surface area contributed by atoms with Gasteiger partial charge in [0.25, 0.3) is 11.8 Å². The third kappa shape index (κ3) is 3.96. The number of nitrogens with zero attached hydrogens (tertiary/aromatic N) is 2. The normalized spacial score (nSPS) is 13.1. The molecule has 0 saturated heterocycles. The topological polar surface area (TPSA) is 62.3 Å². The van der Waals surface area contributed by atoms with Crippen molar-refractivity contribution in [2.24, 2.45) is 0 Å². The van der Waals surface area contributed by atoms with Crippen LogP contribution in [0.25, 0.3) is 0 Å². The Balaban J connectivity index is 1.51. The molecule has 0 aliphatic carbocycles. The number of carbonyl (C=O) groups is 2. The number of carbonyl (C=O) groups excluding carboxylic acids is 2. The highest BCUT2D eigenvalue weighted by Crippen LogP contribution is 2.29. The predicted octanol–water partition coefficient (Wildman–Crippen LogP) is 4.83. The van der Waals surface area contributed by atoms with Gasteiger partial charge < -0.3 is 10.2 Å². The van der Waals surface area contributed by atoms with Gasteiger partial charge in [0.15, 0.2) is 0 Å². The van der Waals surface area contributed by atoms with Crippen molar-refractivity contribution in [2.75, 3.05) is 16.8 Å². The molecule has 0 unspecified atom stereocenters. The fourth-order valence-corrected chi connectivity index (χ4v) is 3.64. The second-order valence-electron chi connectivity index (χ2n) is 8.55. The first-order valence-electron chi connectivity index (χ1n) is 10.1. The number of pyridine rings is 1. The van der Waals surface area contributed by atoms with Crippen molar-refractivity contribution < 1.29 is 9.59 Å². The second-order valence-corrected chi connectivity index (χ2v) is 8.55. The van der Waals surface area contributed by atoms with Gasteiger partial charge in [-0.25, -0.2) is 0 Å². The molecular formula is C25H25N3O2. The summed E-state index contributed by atoms with van der Waals surface area (Å²) in [7, 11) is 0. The van der Waals surface area contributed by atoms with Gasteiger partial charge in [0.05, 0.1) is 0 Å². The maximum atomic E-state index is 13.0. The molecule has 1 N–H and O–H groups in total. The molecule has 0 saturated carbocycles. The Morgan fingerprint density at radius 3 is 2.47 bits per heavy atom. The van der Waals surface area contributed by atoms with E-state index in [1.165, 1.54) is 11.8 Å². The highest BCUT2D eigenvalue weighted by molar-refractivity contribution is 6.09. The summed E-state index contributed by atoms with van der Waals surface area (Å²) in [6.45, 7) is 7.07. The molecule has 2 amide bonds. The fraction of sp³-hybridized carbons (Fsp3) is 0.240. The van der Waals surface area contributed by atoms with Crippen LogP contribution in [0.5, 0.6) is 0 Å². The van der Waals surface area contributed by atoms with E-state index in [-0.39, 0.29) is 22.9 Å². The monoisotopic (exact) mass is 399 g/mol. The number of fused-ring (bicyclic) bond motifs is 1. The van der Waals surface area contributed by atoms with Gasteiger partial charge in [-0.1, -0.05) is 51.1 Å². The fourth-order valence-electron chi connectivity index (χ4n) is 3.64. The minimum atomic E-state index is -0.338. The molecule has 4 rings (SSSR count). The molecule has 2 heterocycles. The quantitative estimate of drug-likeness (QED) is 0.686. The summed E-state index contributed by atoms with van der Waals surface area (Å²) in [4.78, 5) is 31.7. The Kier molecular flexibility index (Phi) is 5.12. The summed E-state index contributed by atoms with van der Waals surface area (Å²) >= 11 is 0. The van der Waals surface area contributed by atoms with E-state index in [2.05, 4.69) is 31.1 Å². The van der Waals surface area contributed by atoms with E-state index in [0.717, 1.165) is 17.7 Å². The van der Waals surface area contributed by atoms with E-state index >= 15 is 0 Å². The Morgan fingerprint density at radius 2 is 1.73 bits per heavy atom. The van der Waals surface area contributed by atoms with Crippen LogP contribution in [0, 0.1) is 0 Å². The standard InChI is InChI=1S/C25H25N3O2/c1-25(2,3)19-8-10-20(11-9-19)27-23(29)21-16-18(12-14-26-21)24(30)28-15-13-17-6-4-5-7-22(17)28/h4-12,14,16H,13,15H2,1-3H3,(H,27,29). The van der Waals surface area contributed by atoms with Crippen molar-refractivity contribution in [3.05, 3.63) is 89.2 Å². The average Bonchev–Trinajstić information content (AvgIpc) is 3.17. The highest BCUT2D eigenvalue weighted by Gasteiger charge is 2.25. The molecule has 0 bridgehead atoms. The molecule has 0 spiro atoms. The van der Waals surface area contributed by atoms with Crippen LogP contribution in [0.1, 0.15) is 52.7 Å². The third-order valence-corrected chi connectivity index (χ3v) is 5.38. The molecule has 0 fully saturated rings. The Bertz CT molecular complexity index is 1100. The molecule has 5 heteroatoms. The van der Waals surface area contributed by atoms with Gasteiger partial charge in [-0.15, -0.1) is 0 Å². The zero-order valence-corrected chi connectivity index (χ0v) is 17.5. The number of aromatic nitrogens is 1.